The molecule has 2 heteroatoms. The van der Waals surface area contributed by atoms with Gasteiger partial charge in [0.1, 0.15) is 4.60 Å². The van der Waals surface area contributed by atoms with E-state index in [1.54, 1.807) is 0 Å². The minimum absolute atomic E-state index is 0.821. The monoisotopic (exact) mass is 325 g/mol. The molecule has 0 radical (unpaired) electrons. The Morgan fingerprint density at radius 3 is 2.55 bits per heavy atom. The normalized spacial score (nSPS) is 11.8. The lowest BCUT2D eigenvalue weighted by Gasteiger charge is -2.07. The van der Waals surface area contributed by atoms with E-state index in [0.717, 1.165) is 21.4 Å². The molecule has 1 heterocycles. The number of rotatable bonds is 4. The molecule has 20 heavy (non-hydrogen) atoms. The van der Waals surface area contributed by atoms with Crippen LogP contribution in [-0.4, -0.2) is 4.98 Å². The third-order valence-corrected chi connectivity index (χ3v) is 3.29. The Balaban J connectivity index is 2.51. The summed E-state index contributed by atoms with van der Waals surface area (Å²) in [6.45, 7) is 5.85. The molecular formula is C18H16BrN. The van der Waals surface area contributed by atoms with Crippen molar-refractivity contribution in [3.05, 3.63) is 83.6 Å². The lowest BCUT2D eigenvalue weighted by atomic mass is 10.0. The molecule has 0 saturated heterocycles. The van der Waals surface area contributed by atoms with Crippen molar-refractivity contribution < 1.29 is 0 Å². The second-order valence-corrected chi connectivity index (χ2v) is 5.09. The lowest BCUT2D eigenvalue weighted by Crippen LogP contribution is -1.90. The van der Waals surface area contributed by atoms with E-state index in [9.17, 15) is 0 Å². The van der Waals surface area contributed by atoms with Crippen molar-refractivity contribution in [3.8, 4) is 11.1 Å². The Hall–Kier alpha value is -1.93. The van der Waals surface area contributed by atoms with Gasteiger partial charge < -0.3 is 0 Å². The zero-order chi connectivity index (χ0) is 14.4. The van der Waals surface area contributed by atoms with Gasteiger partial charge in [0.25, 0.3) is 0 Å². The maximum absolute atomic E-state index is 4.53. The molecule has 0 amide bonds. The molecule has 100 valence electrons. The largest absolute Gasteiger partial charge is 0.241 e. The number of benzene rings is 1. The summed E-state index contributed by atoms with van der Waals surface area (Å²) in [4.78, 5) is 4.53. The first kappa shape index (κ1) is 14.5. The van der Waals surface area contributed by atoms with Crippen molar-refractivity contribution in [1.29, 1.82) is 0 Å². The predicted octanol–water partition coefficient (Wildman–Crippen LogP) is 5.66. The fraction of sp³-hybridized carbons (Fsp3) is 0.0556. The zero-order valence-electron chi connectivity index (χ0n) is 11.4. The molecule has 1 aromatic heterocycles. The van der Waals surface area contributed by atoms with E-state index in [1.807, 2.05) is 55.5 Å². The maximum Gasteiger partial charge on any atom is 0.107 e. The molecule has 0 N–H and O–H groups in total. The van der Waals surface area contributed by atoms with Gasteiger partial charge in [0.15, 0.2) is 0 Å². The van der Waals surface area contributed by atoms with Crippen molar-refractivity contribution in [3.63, 3.8) is 0 Å². The molecule has 0 unspecified atom stereocenters. The van der Waals surface area contributed by atoms with Crippen LogP contribution in [0.1, 0.15) is 12.6 Å². The second-order valence-electron chi connectivity index (χ2n) is 4.28. The van der Waals surface area contributed by atoms with Gasteiger partial charge in [0, 0.05) is 0 Å². The minimum atomic E-state index is 0.821. The molecule has 1 nitrogen and oxygen atoms in total. The van der Waals surface area contributed by atoms with E-state index < -0.39 is 0 Å². The number of allylic oxidation sites excluding steroid dienone is 5. The van der Waals surface area contributed by atoms with E-state index in [0.29, 0.717) is 0 Å². The summed E-state index contributed by atoms with van der Waals surface area (Å²) in [6, 6.07) is 14.4. The van der Waals surface area contributed by atoms with Crippen LogP contribution in [0.2, 0.25) is 0 Å². The van der Waals surface area contributed by atoms with Crippen molar-refractivity contribution in [1.82, 2.24) is 4.98 Å². The fourth-order valence-electron chi connectivity index (χ4n) is 1.90. The highest BCUT2D eigenvalue weighted by atomic mass is 79.9. The average molecular weight is 326 g/mol. The van der Waals surface area contributed by atoms with Crippen LogP contribution in [0.25, 0.3) is 16.7 Å². The predicted molar refractivity (Wildman–Crippen MR) is 90.4 cm³/mol. The molecule has 2 aromatic rings. The summed E-state index contributed by atoms with van der Waals surface area (Å²) in [5, 5.41) is 0. The van der Waals surface area contributed by atoms with Gasteiger partial charge in [-0.1, -0.05) is 61.2 Å². The zero-order valence-corrected chi connectivity index (χ0v) is 13.0. The number of nitrogens with zero attached hydrogens (tertiary/aromatic N) is 1. The Morgan fingerprint density at radius 1 is 1.15 bits per heavy atom. The topological polar surface area (TPSA) is 12.9 Å². The van der Waals surface area contributed by atoms with E-state index in [1.165, 1.54) is 5.56 Å². The second kappa shape index (κ2) is 7.01. The van der Waals surface area contributed by atoms with Gasteiger partial charge in [-0.2, -0.15) is 0 Å². The quantitative estimate of drug-likeness (QED) is 0.522. The Kier molecular flexibility index (Phi) is 5.08. The van der Waals surface area contributed by atoms with Gasteiger partial charge in [0.05, 0.1) is 5.69 Å². The van der Waals surface area contributed by atoms with Gasteiger partial charge in [-0.05, 0) is 51.7 Å². The van der Waals surface area contributed by atoms with Gasteiger partial charge >= 0.3 is 0 Å². The van der Waals surface area contributed by atoms with Gasteiger partial charge in [-0.25, -0.2) is 4.98 Å². The highest BCUT2D eigenvalue weighted by Crippen LogP contribution is 2.26. The third-order valence-electron chi connectivity index (χ3n) is 2.89. The Bertz CT molecular complexity index is 654. The summed E-state index contributed by atoms with van der Waals surface area (Å²) >= 11 is 3.49. The summed E-state index contributed by atoms with van der Waals surface area (Å²) in [7, 11) is 0. The molecule has 0 atom stereocenters. The fourth-order valence-corrected chi connectivity index (χ4v) is 2.34. The van der Waals surface area contributed by atoms with Crippen molar-refractivity contribution >= 4 is 21.5 Å². The highest BCUT2D eigenvalue weighted by molar-refractivity contribution is 9.10. The molecule has 2 rings (SSSR count). The van der Waals surface area contributed by atoms with Crippen LogP contribution < -0.4 is 0 Å². The van der Waals surface area contributed by atoms with Crippen LogP contribution in [-0.2, 0) is 0 Å². The molecule has 0 saturated carbocycles. The number of hydrogen-bond acceptors (Lipinski definition) is 1. The Labute approximate surface area is 128 Å². The number of aromatic nitrogens is 1. The summed E-state index contributed by atoms with van der Waals surface area (Å²) in [5.41, 5.74) is 4.22. The first-order valence-corrected chi connectivity index (χ1v) is 7.22. The molecule has 1 aromatic carbocycles. The Morgan fingerprint density at radius 2 is 1.90 bits per heavy atom. The molecule has 0 aliphatic rings. The van der Waals surface area contributed by atoms with Crippen molar-refractivity contribution in [2.24, 2.45) is 0 Å². The summed E-state index contributed by atoms with van der Waals surface area (Å²) in [5.74, 6) is 0. The number of halogens is 1. The van der Waals surface area contributed by atoms with Crippen LogP contribution in [0.4, 0.5) is 0 Å². The lowest BCUT2D eigenvalue weighted by molar-refractivity contribution is 1.24. The first-order valence-electron chi connectivity index (χ1n) is 6.43. The smallest absolute Gasteiger partial charge is 0.107 e. The number of hydrogen-bond donors (Lipinski definition) is 0. The summed E-state index contributed by atoms with van der Waals surface area (Å²) < 4.78 is 0.821. The molecule has 0 aliphatic carbocycles. The molecule has 0 spiro atoms. The maximum atomic E-state index is 4.53. The minimum Gasteiger partial charge on any atom is -0.241 e. The average Bonchev–Trinajstić information content (AvgIpc) is 2.48. The van der Waals surface area contributed by atoms with Crippen LogP contribution in [0.5, 0.6) is 0 Å². The van der Waals surface area contributed by atoms with Crippen molar-refractivity contribution in [2.75, 3.05) is 0 Å². The van der Waals surface area contributed by atoms with Gasteiger partial charge in [0.2, 0.25) is 0 Å². The summed E-state index contributed by atoms with van der Waals surface area (Å²) in [6.07, 6.45) is 7.81. The highest BCUT2D eigenvalue weighted by Gasteiger charge is 2.05. The molecule has 0 fully saturated rings. The van der Waals surface area contributed by atoms with Crippen LogP contribution in [0.15, 0.2) is 78.0 Å². The number of pyridine rings is 1. The first-order chi connectivity index (χ1) is 9.74. The standard InChI is InChI=1S/C18H16BrN/c1-3-5-9-14(4-2)17-12-16(13-18(19)20-17)15-10-7-6-8-11-15/h3-13H,2H2,1H3/b5-3-,14-9+. The van der Waals surface area contributed by atoms with Gasteiger partial charge in [-0.15, -0.1) is 0 Å². The molecular weight excluding hydrogens is 310 g/mol. The van der Waals surface area contributed by atoms with E-state index in [4.69, 9.17) is 0 Å². The SMILES string of the molecule is C=C/C(=C\C=C/C)c1cc(-c2ccccc2)cc(Br)n1. The van der Waals surface area contributed by atoms with E-state index in [2.05, 4.69) is 45.7 Å². The van der Waals surface area contributed by atoms with Gasteiger partial charge in [-0.3, -0.25) is 0 Å². The third kappa shape index (κ3) is 3.55. The van der Waals surface area contributed by atoms with Crippen LogP contribution in [0, 0.1) is 0 Å². The van der Waals surface area contributed by atoms with Crippen molar-refractivity contribution in [2.45, 2.75) is 6.92 Å². The van der Waals surface area contributed by atoms with Crippen LogP contribution >= 0.6 is 15.9 Å². The van der Waals surface area contributed by atoms with Crippen LogP contribution in [0.3, 0.4) is 0 Å². The molecule has 0 aliphatic heterocycles. The van der Waals surface area contributed by atoms with E-state index in [-0.39, 0.29) is 0 Å². The molecule has 0 bridgehead atoms. The van der Waals surface area contributed by atoms with E-state index >= 15 is 0 Å².